The molecule has 2 aliphatic rings. The van der Waals surface area contributed by atoms with E-state index in [0.717, 1.165) is 18.4 Å². The van der Waals surface area contributed by atoms with Crippen LogP contribution in [0.3, 0.4) is 0 Å². The molecule has 4 N–H and O–H groups in total. The summed E-state index contributed by atoms with van der Waals surface area (Å²) >= 11 is 0. The van der Waals surface area contributed by atoms with E-state index in [1.165, 1.54) is 12.1 Å². The van der Waals surface area contributed by atoms with Gasteiger partial charge in [-0.05, 0) is 48.5 Å². The third-order valence-electron chi connectivity index (χ3n) is 4.20. The minimum absolute atomic E-state index is 0.116. The summed E-state index contributed by atoms with van der Waals surface area (Å²) in [6.07, 6.45) is 5.31. The summed E-state index contributed by atoms with van der Waals surface area (Å²) in [6, 6.07) is 1.45. The molecule has 0 aromatic heterocycles. The van der Waals surface area contributed by atoms with Crippen LogP contribution in [0.4, 0.5) is 0 Å². The molecule has 1 aromatic rings. The number of phenols is 3. The molecule has 1 aromatic carbocycles. The number of aliphatic hydroxyl groups excluding tert-OH is 1. The molecule has 21 heavy (non-hydrogen) atoms. The van der Waals surface area contributed by atoms with Crippen LogP contribution in [-0.4, -0.2) is 26.2 Å². The zero-order chi connectivity index (χ0) is 15.1. The van der Waals surface area contributed by atoms with Gasteiger partial charge in [0.05, 0.1) is 0 Å². The first-order valence-corrected chi connectivity index (χ1v) is 6.90. The molecular weight excluding hydrogens is 272 g/mol. The fraction of sp³-hybridized carbons (Fsp3) is 0.312. The Kier molecular flexibility index (Phi) is 3.12. The first kappa shape index (κ1) is 13.5. The number of ketones is 1. The normalized spacial score (nSPS) is 21.5. The van der Waals surface area contributed by atoms with Crippen LogP contribution in [-0.2, 0) is 11.2 Å². The Labute approximate surface area is 121 Å². The lowest BCUT2D eigenvalue weighted by atomic mass is 9.86. The topological polar surface area (TPSA) is 98.0 Å². The number of rotatable bonds is 0. The molecule has 5 nitrogen and oxygen atoms in total. The highest BCUT2D eigenvalue weighted by Gasteiger charge is 2.30. The highest BCUT2D eigenvalue weighted by molar-refractivity contribution is 5.97. The van der Waals surface area contributed by atoms with Crippen LogP contribution in [0.1, 0.15) is 30.4 Å². The maximum absolute atomic E-state index is 11.8. The molecule has 2 aliphatic carbocycles. The Hall–Kier alpha value is -2.43. The lowest BCUT2D eigenvalue weighted by Gasteiger charge is -2.18. The molecule has 0 spiro atoms. The number of Topliss-reactive ketones (excluding diaryl/α,β-unsaturated/α-hetero) is 1. The van der Waals surface area contributed by atoms with Crippen molar-refractivity contribution in [3.8, 4) is 17.2 Å². The van der Waals surface area contributed by atoms with Crippen molar-refractivity contribution in [1.82, 2.24) is 0 Å². The predicted molar refractivity (Wildman–Crippen MR) is 76.2 cm³/mol. The van der Waals surface area contributed by atoms with Crippen LogP contribution in [0.5, 0.6) is 17.2 Å². The molecule has 1 atom stereocenters. The number of phenolic OH excluding ortho intramolecular Hbond substituents is 3. The second kappa shape index (κ2) is 4.84. The van der Waals surface area contributed by atoms with Crippen LogP contribution in [0, 0.1) is 5.92 Å². The number of aryl methyl sites for hydroxylation is 1. The van der Waals surface area contributed by atoms with Gasteiger partial charge in [-0.3, -0.25) is 4.79 Å². The van der Waals surface area contributed by atoms with Crippen LogP contribution < -0.4 is 0 Å². The lowest BCUT2D eigenvalue weighted by Crippen LogP contribution is -2.09. The van der Waals surface area contributed by atoms with Gasteiger partial charge in [-0.25, -0.2) is 0 Å². The van der Waals surface area contributed by atoms with Crippen molar-refractivity contribution < 1.29 is 25.2 Å². The summed E-state index contributed by atoms with van der Waals surface area (Å²) in [7, 11) is 0. The number of carbonyl (C=O) groups is 1. The fourth-order valence-corrected chi connectivity index (χ4v) is 3.14. The van der Waals surface area contributed by atoms with E-state index in [-0.39, 0.29) is 35.4 Å². The zero-order valence-electron chi connectivity index (χ0n) is 11.3. The number of aliphatic hydroxyl groups is 1. The number of hydrogen-bond donors (Lipinski definition) is 4. The molecular formula is C16H16O5. The summed E-state index contributed by atoms with van der Waals surface area (Å²) < 4.78 is 0. The molecule has 0 bridgehead atoms. The average molecular weight is 288 g/mol. The first-order chi connectivity index (χ1) is 9.99. The molecule has 0 fully saturated rings. The maximum atomic E-state index is 11.8. The molecule has 5 heteroatoms. The van der Waals surface area contributed by atoms with Gasteiger partial charge in [0.2, 0.25) is 5.75 Å². The van der Waals surface area contributed by atoms with E-state index < -0.39 is 5.75 Å². The molecule has 0 heterocycles. The molecule has 110 valence electrons. The maximum Gasteiger partial charge on any atom is 0.200 e. The lowest BCUT2D eigenvalue weighted by molar-refractivity contribution is -0.118. The van der Waals surface area contributed by atoms with E-state index in [1.54, 1.807) is 6.08 Å². The van der Waals surface area contributed by atoms with Gasteiger partial charge in [-0.2, -0.15) is 0 Å². The third kappa shape index (κ3) is 2.14. The van der Waals surface area contributed by atoms with Gasteiger partial charge in [-0.15, -0.1) is 0 Å². The van der Waals surface area contributed by atoms with Gasteiger partial charge in [-0.1, -0.05) is 6.08 Å². The average Bonchev–Trinajstić information content (AvgIpc) is 2.69. The van der Waals surface area contributed by atoms with Gasteiger partial charge >= 0.3 is 0 Å². The minimum atomic E-state index is -0.556. The summed E-state index contributed by atoms with van der Waals surface area (Å²) in [4.78, 5) is 11.8. The Morgan fingerprint density at radius 3 is 2.57 bits per heavy atom. The molecule has 0 radical (unpaired) electrons. The first-order valence-electron chi connectivity index (χ1n) is 6.90. The van der Waals surface area contributed by atoms with Crippen molar-refractivity contribution in [2.45, 2.75) is 25.7 Å². The van der Waals surface area contributed by atoms with Gasteiger partial charge in [0, 0.05) is 12.0 Å². The van der Waals surface area contributed by atoms with E-state index in [9.17, 15) is 25.2 Å². The summed E-state index contributed by atoms with van der Waals surface area (Å²) in [5.74, 6) is -2.01. The summed E-state index contributed by atoms with van der Waals surface area (Å²) in [5, 5.41) is 39.2. The Bertz CT molecular complexity index is 684. The second-order valence-electron chi connectivity index (χ2n) is 5.52. The van der Waals surface area contributed by atoms with E-state index in [1.807, 2.05) is 0 Å². The van der Waals surface area contributed by atoms with Crippen LogP contribution in [0.25, 0.3) is 5.57 Å². The number of carbonyl (C=O) groups excluding carboxylic acids is 1. The predicted octanol–water partition coefficient (Wildman–Crippen LogP) is 2.55. The minimum Gasteiger partial charge on any atom is -0.504 e. The number of aromatic hydroxyl groups is 3. The van der Waals surface area contributed by atoms with E-state index in [2.05, 4.69) is 0 Å². The van der Waals surface area contributed by atoms with Crippen LogP contribution in [0.2, 0.25) is 0 Å². The molecule has 0 saturated carbocycles. The number of benzene rings is 1. The Morgan fingerprint density at radius 1 is 1.05 bits per heavy atom. The van der Waals surface area contributed by atoms with E-state index in [4.69, 9.17) is 0 Å². The Balaban J connectivity index is 2.22. The largest absolute Gasteiger partial charge is 0.504 e. The highest BCUT2D eigenvalue weighted by Crippen LogP contribution is 2.48. The molecule has 0 aliphatic heterocycles. The monoisotopic (exact) mass is 288 g/mol. The van der Waals surface area contributed by atoms with Gasteiger partial charge in [0.25, 0.3) is 0 Å². The smallest absolute Gasteiger partial charge is 0.200 e. The molecule has 1 unspecified atom stereocenters. The standard InChI is InChI=1S/C16H16O5/c17-11-5-4-10-8(6-12(11)18)2-1-3-9-7-13(19)15(20)16(21)14(9)10/h4-5,7-8,17,19-21H,1-3,6H2. The van der Waals surface area contributed by atoms with Gasteiger partial charge in [0.1, 0.15) is 0 Å². The summed E-state index contributed by atoms with van der Waals surface area (Å²) in [5.41, 5.74) is 1.91. The quantitative estimate of drug-likeness (QED) is 0.550. The number of allylic oxidation sites excluding steroid dienone is 4. The molecule has 3 rings (SSSR count). The van der Waals surface area contributed by atoms with Crippen LogP contribution in [0.15, 0.2) is 24.0 Å². The van der Waals surface area contributed by atoms with E-state index >= 15 is 0 Å². The SMILES string of the molecule is O=C1CC2CCCc3cc(O)c(O)c(O)c3C2=CC=C1O. The molecule has 0 saturated heterocycles. The fourth-order valence-electron chi connectivity index (χ4n) is 3.14. The third-order valence-corrected chi connectivity index (χ3v) is 4.20. The number of hydrogen-bond acceptors (Lipinski definition) is 5. The second-order valence-corrected chi connectivity index (χ2v) is 5.52. The highest BCUT2D eigenvalue weighted by atomic mass is 16.3. The molecule has 0 amide bonds. The van der Waals surface area contributed by atoms with Crippen molar-refractivity contribution in [2.75, 3.05) is 0 Å². The van der Waals surface area contributed by atoms with Gasteiger partial charge < -0.3 is 20.4 Å². The number of fused-ring (bicyclic) bond motifs is 3. The van der Waals surface area contributed by atoms with Crippen LogP contribution >= 0.6 is 0 Å². The summed E-state index contributed by atoms with van der Waals surface area (Å²) in [6.45, 7) is 0. The van der Waals surface area contributed by atoms with Crippen molar-refractivity contribution in [3.05, 3.63) is 35.1 Å². The van der Waals surface area contributed by atoms with Crippen molar-refractivity contribution in [2.24, 2.45) is 5.92 Å². The van der Waals surface area contributed by atoms with Gasteiger partial charge in [0.15, 0.2) is 23.0 Å². The van der Waals surface area contributed by atoms with Crippen molar-refractivity contribution >= 4 is 11.4 Å². The van der Waals surface area contributed by atoms with E-state index in [0.29, 0.717) is 17.6 Å². The van der Waals surface area contributed by atoms with Crippen molar-refractivity contribution in [1.29, 1.82) is 0 Å². The Morgan fingerprint density at radius 2 is 1.81 bits per heavy atom. The van der Waals surface area contributed by atoms with Crippen molar-refractivity contribution in [3.63, 3.8) is 0 Å². The zero-order valence-corrected chi connectivity index (χ0v) is 11.3.